The summed E-state index contributed by atoms with van der Waals surface area (Å²) >= 11 is 8.69. The first-order valence-electron chi connectivity index (χ1n) is 4.15. The predicted molar refractivity (Wildman–Crippen MR) is 57.6 cm³/mol. The summed E-state index contributed by atoms with van der Waals surface area (Å²) in [6.07, 6.45) is -1.85. The zero-order valence-corrected chi connectivity index (χ0v) is 10.5. The van der Waals surface area contributed by atoms with Gasteiger partial charge in [0, 0.05) is 6.20 Å². The fraction of sp³-hybridized carbons (Fsp3) is 0.333. The first-order chi connectivity index (χ1) is 7.47. The SMILES string of the molecule is COC(=O)Cc1ncc(Br)c(Cl)c1C(F)F. The van der Waals surface area contributed by atoms with Crippen LogP contribution in [-0.4, -0.2) is 18.1 Å². The zero-order valence-electron chi connectivity index (χ0n) is 8.14. The van der Waals surface area contributed by atoms with Crippen LogP contribution in [0.2, 0.25) is 5.02 Å². The summed E-state index contributed by atoms with van der Waals surface area (Å²) in [5, 5.41) is -0.135. The first kappa shape index (κ1) is 13.3. The third-order valence-electron chi connectivity index (χ3n) is 1.85. The van der Waals surface area contributed by atoms with Crippen molar-refractivity contribution in [3.63, 3.8) is 0 Å². The standard InChI is InChI=1S/C9H7BrClF2NO2/c1-16-6(15)2-5-7(9(12)13)8(11)4(10)3-14-5/h3,9H,2H2,1H3. The number of hydrogen-bond acceptors (Lipinski definition) is 3. The molecule has 0 spiro atoms. The number of halogens is 4. The summed E-state index contributed by atoms with van der Waals surface area (Å²) in [5.41, 5.74) is -0.517. The van der Waals surface area contributed by atoms with Gasteiger partial charge < -0.3 is 4.74 Å². The molecule has 0 amide bonds. The van der Waals surface area contributed by atoms with E-state index in [4.69, 9.17) is 11.6 Å². The van der Waals surface area contributed by atoms with Crippen molar-refractivity contribution in [3.8, 4) is 0 Å². The Hall–Kier alpha value is -0.750. The van der Waals surface area contributed by atoms with Gasteiger partial charge in [0.1, 0.15) is 0 Å². The molecule has 0 N–H and O–H groups in total. The second kappa shape index (κ2) is 5.54. The number of pyridine rings is 1. The minimum absolute atomic E-state index is 0.0740. The van der Waals surface area contributed by atoms with Gasteiger partial charge in [0.15, 0.2) is 0 Å². The number of carbonyl (C=O) groups is 1. The molecule has 0 bridgehead atoms. The van der Waals surface area contributed by atoms with Crippen LogP contribution in [0.3, 0.4) is 0 Å². The van der Waals surface area contributed by atoms with Crippen molar-refractivity contribution in [2.45, 2.75) is 12.8 Å². The average molecular weight is 315 g/mol. The summed E-state index contributed by atoms with van der Waals surface area (Å²) in [5.74, 6) is -0.646. The number of ether oxygens (including phenoxy) is 1. The maximum Gasteiger partial charge on any atom is 0.311 e. The van der Waals surface area contributed by atoms with Gasteiger partial charge in [0.25, 0.3) is 6.43 Å². The fourth-order valence-electron chi connectivity index (χ4n) is 1.09. The molecule has 1 aromatic rings. The van der Waals surface area contributed by atoms with E-state index in [9.17, 15) is 13.6 Å². The van der Waals surface area contributed by atoms with Gasteiger partial charge in [0.05, 0.1) is 34.3 Å². The normalized spacial score (nSPS) is 10.6. The van der Waals surface area contributed by atoms with Crippen LogP contribution in [0.4, 0.5) is 8.78 Å². The van der Waals surface area contributed by atoms with Gasteiger partial charge in [-0.05, 0) is 15.9 Å². The Morgan fingerprint density at radius 1 is 1.69 bits per heavy atom. The van der Waals surface area contributed by atoms with Crippen LogP contribution in [-0.2, 0) is 16.0 Å². The molecule has 3 nitrogen and oxygen atoms in total. The van der Waals surface area contributed by atoms with Gasteiger partial charge in [-0.2, -0.15) is 0 Å². The molecule has 0 fully saturated rings. The second-order valence-electron chi connectivity index (χ2n) is 2.83. The number of hydrogen-bond donors (Lipinski definition) is 0. The van der Waals surface area contributed by atoms with Crippen molar-refractivity contribution in [2.24, 2.45) is 0 Å². The summed E-state index contributed by atoms with van der Waals surface area (Å²) in [7, 11) is 1.17. The molecular weight excluding hydrogens is 307 g/mol. The van der Waals surface area contributed by atoms with Crippen molar-refractivity contribution < 1.29 is 18.3 Å². The lowest BCUT2D eigenvalue weighted by Crippen LogP contribution is -2.09. The van der Waals surface area contributed by atoms with Crippen LogP contribution in [0.1, 0.15) is 17.7 Å². The molecule has 16 heavy (non-hydrogen) atoms. The number of methoxy groups -OCH3 is 1. The van der Waals surface area contributed by atoms with E-state index in [1.54, 1.807) is 0 Å². The van der Waals surface area contributed by atoms with Crippen molar-refractivity contribution in [2.75, 3.05) is 7.11 Å². The largest absolute Gasteiger partial charge is 0.469 e. The highest BCUT2D eigenvalue weighted by Crippen LogP contribution is 2.34. The number of carbonyl (C=O) groups excluding carboxylic acids is 1. The van der Waals surface area contributed by atoms with Crippen molar-refractivity contribution >= 4 is 33.5 Å². The highest BCUT2D eigenvalue weighted by molar-refractivity contribution is 9.10. The third kappa shape index (κ3) is 2.89. The van der Waals surface area contributed by atoms with E-state index in [0.29, 0.717) is 0 Å². The molecule has 0 aliphatic carbocycles. The van der Waals surface area contributed by atoms with Crippen LogP contribution in [0, 0.1) is 0 Å². The fourth-order valence-corrected chi connectivity index (χ4v) is 1.64. The molecule has 0 aliphatic heterocycles. The summed E-state index contributed by atoms with van der Waals surface area (Å²) < 4.78 is 30.1. The lowest BCUT2D eigenvalue weighted by atomic mass is 10.1. The van der Waals surface area contributed by atoms with E-state index in [2.05, 4.69) is 25.7 Å². The Balaban J connectivity index is 3.18. The Kier molecular flexibility index (Phi) is 4.61. The highest BCUT2D eigenvalue weighted by atomic mass is 79.9. The van der Waals surface area contributed by atoms with E-state index < -0.39 is 18.0 Å². The number of rotatable bonds is 3. The topological polar surface area (TPSA) is 39.2 Å². The van der Waals surface area contributed by atoms with Gasteiger partial charge in [-0.3, -0.25) is 9.78 Å². The number of alkyl halides is 2. The van der Waals surface area contributed by atoms with Gasteiger partial charge >= 0.3 is 5.97 Å². The lowest BCUT2D eigenvalue weighted by molar-refractivity contribution is -0.139. The van der Waals surface area contributed by atoms with Crippen LogP contribution in [0.15, 0.2) is 10.7 Å². The molecule has 0 aromatic carbocycles. The number of esters is 1. The number of aromatic nitrogens is 1. The van der Waals surface area contributed by atoms with Gasteiger partial charge in [-0.1, -0.05) is 11.6 Å². The zero-order chi connectivity index (χ0) is 12.3. The van der Waals surface area contributed by atoms with E-state index in [0.717, 1.165) is 0 Å². The average Bonchev–Trinajstić information content (AvgIpc) is 2.23. The number of nitrogens with zero attached hydrogens (tertiary/aromatic N) is 1. The maximum atomic E-state index is 12.7. The Bertz CT molecular complexity index is 415. The monoisotopic (exact) mass is 313 g/mol. The molecular formula is C9H7BrClF2NO2. The smallest absolute Gasteiger partial charge is 0.311 e. The molecule has 1 heterocycles. The molecule has 0 atom stereocenters. The first-order valence-corrected chi connectivity index (χ1v) is 5.32. The van der Waals surface area contributed by atoms with E-state index >= 15 is 0 Å². The van der Waals surface area contributed by atoms with E-state index in [-0.39, 0.29) is 21.6 Å². The van der Waals surface area contributed by atoms with Gasteiger partial charge in [0.2, 0.25) is 0 Å². The Morgan fingerprint density at radius 2 is 2.31 bits per heavy atom. The Morgan fingerprint density at radius 3 is 2.81 bits per heavy atom. The van der Waals surface area contributed by atoms with Crippen LogP contribution < -0.4 is 0 Å². The van der Waals surface area contributed by atoms with E-state index in [1.807, 2.05) is 0 Å². The maximum absolute atomic E-state index is 12.7. The molecule has 0 radical (unpaired) electrons. The predicted octanol–water partition coefficient (Wildman–Crippen LogP) is 3.15. The van der Waals surface area contributed by atoms with Gasteiger partial charge in [-0.25, -0.2) is 8.78 Å². The lowest BCUT2D eigenvalue weighted by Gasteiger charge is -2.10. The summed E-state index contributed by atoms with van der Waals surface area (Å²) in [6.45, 7) is 0. The van der Waals surface area contributed by atoms with Crippen molar-refractivity contribution in [1.29, 1.82) is 0 Å². The van der Waals surface area contributed by atoms with Gasteiger partial charge in [-0.15, -0.1) is 0 Å². The molecule has 1 aromatic heterocycles. The molecule has 88 valence electrons. The highest BCUT2D eigenvalue weighted by Gasteiger charge is 2.22. The van der Waals surface area contributed by atoms with E-state index in [1.165, 1.54) is 13.3 Å². The van der Waals surface area contributed by atoms with Crippen LogP contribution >= 0.6 is 27.5 Å². The Labute approximate surface area is 104 Å². The van der Waals surface area contributed by atoms with Crippen molar-refractivity contribution in [3.05, 3.63) is 26.9 Å². The molecule has 0 saturated carbocycles. The molecule has 0 aliphatic rings. The van der Waals surface area contributed by atoms with Crippen molar-refractivity contribution in [1.82, 2.24) is 4.98 Å². The van der Waals surface area contributed by atoms with Crippen LogP contribution in [0.5, 0.6) is 0 Å². The molecule has 1 rings (SSSR count). The van der Waals surface area contributed by atoms with Crippen LogP contribution in [0.25, 0.3) is 0 Å². The summed E-state index contributed by atoms with van der Waals surface area (Å²) in [4.78, 5) is 14.7. The minimum Gasteiger partial charge on any atom is -0.469 e. The molecule has 0 unspecified atom stereocenters. The minimum atomic E-state index is -2.79. The summed E-state index contributed by atoms with van der Waals surface area (Å²) in [6, 6.07) is 0. The molecule has 7 heteroatoms. The molecule has 0 saturated heterocycles. The third-order valence-corrected chi connectivity index (χ3v) is 3.09. The second-order valence-corrected chi connectivity index (χ2v) is 4.07. The quantitative estimate of drug-likeness (QED) is 0.805.